The Morgan fingerprint density at radius 2 is 1.95 bits per heavy atom. The van der Waals surface area contributed by atoms with Crippen LogP contribution < -0.4 is 10.2 Å². The van der Waals surface area contributed by atoms with E-state index in [0.29, 0.717) is 11.4 Å². The molecule has 0 unspecified atom stereocenters. The van der Waals surface area contributed by atoms with Gasteiger partial charge < -0.3 is 10.2 Å². The highest BCUT2D eigenvalue weighted by Crippen LogP contribution is 2.37. The molecule has 1 heterocycles. The van der Waals surface area contributed by atoms with E-state index in [4.69, 9.17) is 0 Å². The second kappa shape index (κ2) is 4.66. The van der Waals surface area contributed by atoms with Crippen LogP contribution in [0.5, 0.6) is 0 Å². The van der Waals surface area contributed by atoms with Gasteiger partial charge in [-0.05, 0) is 30.3 Å². The molecule has 0 spiro atoms. The van der Waals surface area contributed by atoms with Crippen molar-refractivity contribution in [3.05, 3.63) is 52.8 Å². The highest BCUT2D eigenvalue weighted by Gasteiger charge is 2.24. The van der Waals surface area contributed by atoms with E-state index in [9.17, 15) is 9.18 Å². The predicted molar refractivity (Wildman–Crippen MR) is 76.2 cm³/mol. The Bertz CT molecular complexity index is 660. The smallest absolute Gasteiger partial charge is 0.244 e. The van der Waals surface area contributed by atoms with Gasteiger partial charge in [0.1, 0.15) is 12.4 Å². The summed E-state index contributed by atoms with van der Waals surface area (Å²) in [6, 6.07) is 12.0. The lowest BCUT2D eigenvalue weighted by Gasteiger charge is -2.31. The van der Waals surface area contributed by atoms with Crippen LogP contribution in [-0.2, 0) is 4.79 Å². The zero-order valence-electron chi connectivity index (χ0n) is 9.86. The minimum absolute atomic E-state index is 0.107. The number of benzene rings is 2. The maximum Gasteiger partial charge on any atom is 0.244 e. The van der Waals surface area contributed by atoms with Crippen LogP contribution in [0.3, 0.4) is 0 Å². The van der Waals surface area contributed by atoms with E-state index < -0.39 is 0 Å². The highest BCUT2D eigenvalue weighted by molar-refractivity contribution is 9.10. The molecule has 3 rings (SSSR count). The molecule has 2 aromatic rings. The first kappa shape index (κ1) is 12.2. The third-order valence-corrected chi connectivity index (χ3v) is 3.46. The third-order valence-electron chi connectivity index (χ3n) is 2.97. The van der Waals surface area contributed by atoms with E-state index in [1.807, 2.05) is 12.1 Å². The molecule has 3 nitrogen and oxygen atoms in total. The van der Waals surface area contributed by atoms with Crippen molar-refractivity contribution >= 4 is 38.9 Å². The van der Waals surface area contributed by atoms with Gasteiger partial charge in [0.2, 0.25) is 5.91 Å². The second-order valence-corrected chi connectivity index (χ2v) is 5.16. The first-order valence-electron chi connectivity index (χ1n) is 5.76. The van der Waals surface area contributed by atoms with Crippen LogP contribution in [-0.4, -0.2) is 12.5 Å². The lowest BCUT2D eigenvalue weighted by atomic mass is 10.1. The van der Waals surface area contributed by atoms with Crippen molar-refractivity contribution in [3.8, 4) is 0 Å². The fourth-order valence-electron chi connectivity index (χ4n) is 2.15. The van der Waals surface area contributed by atoms with E-state index >= 15 is 0 Å². The number of nitrogens with zero attached hydrogens (tertiary/aromatic N) is 1. The number of hydrogen-bond acceptors (Lipinski definition) is 2. The molecule has 0 saturated carbocycles. The lowest BCUT2D eigenvalue weighted by Crippen LogP contribution is -2.35. The van der Waals surface area contributed by atoms with Gasteiger partial charge in [0, 0.05) is 4.47 Å². The number of carbonyl (C=O) groups excluding carboxylic acids is 1. The van der Waals surface area contributed by atoms with Crippen LogP contribution in [0.1, 0.15) is 0 Å². The molecule has 2 aromatic carbocycles. The molecule has 0 aliphatic carbocycles. The quantitative estimate of drug-likeness (QED) is 0.869. The van der Waals surface area contributed by atoms with Gasteiger partial charge >= 0.3 is 0 Å². The molecule has 19 heavy (non-hydrogen) atoms. The number of para-hydroxylation sites is 1. The number of carbonyl (C=O) groups is 1. The summed E-state index contributed by atoms with van der Waals surface area (Å²) in [5.74, 6) is -0.500. The summed E-state index contributed by atoms with van der Waals surface area (Å²) < 4.78 is 14.8. The Morgan fingerprint density at radius 1 is 1.16 bits per heavy atom. The molecule has 0 bridgehead atoms. The number of rotatable bonds is 1. The molecule has 96 valence electrons. The lowest BCUT2D eigenvalue weighted by molar-refractivity contribution is -0.115. The Morgan fingerprint density at radius 3 is 2.74 bits per heavy atom. The Balaban J connectivity index is 2.14. The Kier molecular flexibility index (Phi) is 2.98. The monoisotopic (exact) mass is 320 g/mol. The first-order valence-corrected chi connectivity index (χ1v) is 6.56. The van der Waals surface area contributed by atoms with Gasteiger partial charge in [-0.2, -0.15) is 0 Å². The summed E-state index contributed by atoms with van der Waals surface area (Å²) in [5.41, 5.74) is 1.86. The molecule has 1 aliphatic rings. The fraction of sp³-hybridized carbons (Fsp3) is 0.0714. The van der Waals surface area contributed by atoms with Crippen LogP contribution in [0.2, 0.25) is 0 Å². The van der Waals surface area contributed by atoms with E-state index in [1.54, 1.807) is 29.2 Å². The average molecular weight is 321 g/mol. The summed E-state index contributed by atoms with van der Waals surface area (Å²) >= 11 is 3.36. The molecular formula is C14H10BrFN2O. The zero-order valence-corrected chi connectivity index (χ0v) is 11.4. The van der Waals surface area contributed by atoms with Crippen molar-refractivity contribution in [2.75, 3.05) is 16.8 Å². The highest BCUT2D eigenvalue weighted by atomic mass is 79.9. The summed E-state index contributed by atoms with van der Waals surface area (Å²) in [6.45, 7) is 0.107. The molecule has 1 N–H and O–H groups in total. The van der Waals surface area contributed by atoms with Crippen molar-refractivity contribution in [1.82, 2.24) is 0 Å². The third kappa shape index (κ3) is 2.21. The van der Waals surface area contributed by atoms with Gasteiger partial charge in [-0.15, -0.1) is 0 Å². The molecule has 0 fully saturated rings. The zero-order chi connectivity index (χ0) is 13.4. The van der Waals surface area contributed by atoms with Crippen molar-refractivity contribution in [2.45, 2.75) is 0 Å². The van der Waals surface area contributed by atoms with Crippen molar-refractivity contribution in [3.63, 3.8) is 0 Å². The molecule has 1 amide bonds. The summed E-state index contributed by atoms with van der Waals surface area (Å²) in [7, 11) is 0. The molecule has 1 aliphatic heterocycles. The largest absolute Gasteiger partial charge is 0.328 e. The molecule has 5 heteroatoms. The van der Waals surface area contributed by atoms with Gasteiger partial charge in [-0.1, -0.05) is 28.1 Å². The van der Waals surface area contributed by atoms with Crippen molar-refractivity contribution in [1.29, 1.82) is 0 Å². The van der Waals surface area contributed by atoms with E-state index in [0.717, 1.165) is 10.2 Å². The fourth-order valence-corrected chi connectivity index (χ4v) is 2.51. The number of halogens is 2. The number of fused-ring (bicyclic) bond motifs is 1. The summed E-state index contributed by atoms with van der Waals surface area (Å²) in [4.78, 5) is 13.4. The average Bonchev–Trinajstić information content (AvgIpc) is 2.38. The van der Waals surface area contributed by atoms with E-state index in [1.165, 1.54) is 6.07 Å². The minimum atomic E-state index is -0.342. The van der Waals surface area contributed by atoms with Gasteiger partial charge in [0.15, 0.2) is 0 Å². The normalized spacial score (nSPS) is 14.0. The number of anilines is 3. The van der Waals surface area contributed by atoms with Crippen LogP contribution in [0.25, 0.3) is 0 Å². The standard InChI is InChI=1S/C14H10BrFN2O/c15-9-5-6-13-11(7-9)17-14(19)8-18(13)12-4-2-1-3-10(12)16/h1-7H,8H2,(H,17,19). The number of amides is 1. The van der Waals surface area contributed by atoms with Gasteiger partial charge in [0.25, 0.3) is 0 Å². The maximum atomic E-state index is 13.9. The van der Waals surface area contributed by atoms with E-state index in [2.05, 4.69) is 21.2 Å². The van der Waals surface area contributed by atoms with Crippen LogP contribution in [0.4, 0.5) is 21.5 Å². The molecular weight excluding hydrogens is 311 g/mol. The Hall–Kier alpha value is -1.88. The second-order valence-electron chi connectivity index (χ2n) is 4.25. The van der Waals surface area contributed by atoms with Crippen LogP contribution in [0.15, 0.2) is 46.9 Å². The van der Waals surface area contributed by atoms with Gasteiger partial charge in [-0.3, -0.25) is 4.79 Å². The minimum Gasteiger partial charge on any atom is -0.328 e. The molecule has 0 atom stereocenters. The van der Waals surface area contributed by atoms with Gasteiger partial charge in [-0.25, -0.2) is 4.39 Å². The molecule has 0 aromatic heterocycles. The van der Waals surface area contributed by atoms with Crippen LogP contribution in [0, 0.1) is 5.82 Å². The Labute approximate surface area is 118 Å². The number of hydrogen-bond donors (Lipinski definition) is 1. The van der Waals surface area contributed by atoms with Crippen molar-refractivity contribution in [2.24, 2.45) is 0 Å². The summed E-state index contributed by atoms with van der Waals surface area (Å²) in [6.07, 6.45) is 0. The first-order chi connectivity index (χ1) is 9.15. The molecule has 0 radical (unpaired) electrons. The summed E-state index contributed by atoms with van der Waals surface area (Å²) in [5, 5.41) is 2.79. The SMILES string of the molecule is O=C1CN(c2ccccc2F)c2ccc(Br)cc2N1. The van der Waals surface area contributed by atoms with E-state index in [-0.39, 0.29) is 18.3 Å². The predicted octanol–water partition coefficient (Wildman–Crippen LogP) is 3.68. The van der Waals surface area contributed by atoms with Gasteiger partial charge in [0.05, 0.1) is 17.1 Å². The number of nitrogens with one attached hydrogen (secondary N) is 1. The maximum absolute atomic E-state index is 13.9. The molecule has 0 saturated heterocycles. The topological polar surface area (TPSA) is 32.3 Å². The van der Waals surface area contributed by atoms with Crippen LogP contribution >= 0.6 is 15.9 Å². The van der Waals surface area contributed by atoms with Crippen molar-refractivity contribution < 1.29 is 9.18 Å².